The van der Waals surface area contributed by atoms with Gasteiger partial charge in [0.1, 0.15) is 5.75 Å². The molecular weight excluding hydrogens is 487 g/mol. The molecule has 0 aliphatic heterocycles. The molecule has 0 amide bonds. The Morgan fingerprint density at radius 3 is 1.80 bits per heavy atom. The van der Waals surface area contributed by atoms with Crippen molar-refractivity contribution in [3.05, 3.63) is 71.8 Å². The number of rotatable bonds is 9. The average Bonchev–Trinajstić information content (AvgIpc) is 2.82. The highest BCUT2D eigenvalue weighted by molar-refractivity contribution is 7.92. The van der Waals surface area contributed by atoms with Gasteiger partial charge in [-0.2, -0.15) is 0 Å². The molecule has 3 aromatic carbocycles. The van der Waals surface area contributed by atoms with Gasteiger partial charge in [-0.3, -0.25) is 4.72 Å². The molecule has 1 N–H and O–H groups in total. The smallest absolute Gasteiger partial charge is 0.493 e. The second-order valence-electron chi connectivity index (χ2n) is 7.04. The van der Waals surface area contributed by atoms with Gasteiger partial charge in [0.2, 0.25) is 5.75 Å². The van der Waals surface area contributed by atoms with E-state index >= 15 is 0 Å². The number of benzene rings is 3. The highest BCUT2D eigenvalue weighted by Crippen LogP contribution is 2.38. The molecule has 11 heteroatoms. The van der Waals surface area contributed by atoms with E-state index in [1.807, 2.05) is 12.2 Å². The van der Waals surface area contributed by atoms with Crippen LogP contribution in [0.1, 0.15) is 11.1 Å². The van der Waals surface area contributed by atoms with E-state index in [2.05, 4.69) is 9.46 Å². The summed E-state index contributed by atoms with van der Waals surface area (Å²) >= 11 is 0. The maximum Gasteiger partial charge on any atom is 0.573 e. The molecule has 186 valence electrons. The Morgan fingerprint density at radius 1 is 0.771 bits per heavy atom. The third-order valence-electron chi connectivity index (χ3n) is 4.69. The van der Waals surface area contributed by atoms with Gasteiger partial charge in [-0.1, -0.05) is 24.3 Å². The van der Waals surface area contributed by atoms with Crippen LogP contribution in [-0.2, 0) is 10.0 Å². The standard InChI is InChI=1S/C24H22F3NO6S/c1-31-21-14-17(15-22(32-2)23(21)33-3)5-4-16-6-8-18(9-7-16)28-35(29,30)20-12-10-19(11-13-20)34-24(25,26)27/h4-15,28H,1-3H3. The highest BCUT2D eigenvalue weighted by atomic mass is 32.2. The van der Waals surface area contributed by atoms with Crippen LogP contribution in [0.2, 0.25) is 0 Å². The summed E-state index contributed by atoms with van der Waals surface area (Å²) in [5, 5.41) is 0. The first-order valence-electron chi connectivity index (χ1n) is 10.0. The first kappa shape index (κ1) is 25.8. The fraction of sp³-hybridized carbons (Fsp3) is 0.167. The quantitative estimate of drug-likeness (QED) is 0.379. The van der Waals surface area contributed by atoms with Crippen LogP contribution in [-0.4, -0.2) is 36.1 Å². The Morgan fingerprint density at radius 2 is 1.31 bits per heavy atom. The van der Waals surface area contributed by atoms with Gasteiger partial charge in [0.15, 0.2) is 11.5 Å². The molecule has 35 heavy (non-hydrogen) atoms. The minimum absolute atomic E-state index is 0.210. The van der Waals surface area contributed by atoms with Crippen LogP contribution in [0.25, 0.3) is 12.2 Å². The number of sulfonamides is 1. The number of anilines is 1. The Labute approximate surface area is 200 Å². The lowest BCUT2D eigenvalue weighted by atomic mass is 10.1. The van der Waals surface area contributed by atoms with Gasteiger partial charge < -0.3 is 18.9 Å². The minimum Gasteiger partial charge on any atom is -0.493 e. The molecule has 0 saturated heterocycles. The molecule has 0 bridgehead atoms. The van der Waals surface area contributed by atoms with Crippen LogP contribution in [0.4, 0.5) is 18.9 Å². The van der Waals surface area contributed by atoms with Crippen molar-refractivity contribution in [2.45, 2.75) is 11.3 Å². The summed E-state index contributed by atoms with van der Waals surface area (Å²) < 4.78 is 84.0. The lowest BCUT2D eigenvalue weighted by Gasteiger charge is -2.12. The van der Waals surface area contributed by atoms with Crippen LogP contribution in [0, 0.1) is 0 Å². The molecule has 3 rings (SSSR count). The maximum absolute atomic E-state index is 12.5. The molecule has 0 aromatic heterocycles. The molecule has 0 heterocycles. The number of alkyl halides is 3. The fourth-order valence-corrected chi connectivity index (χ4v) is 4.15. The SMILES string of the molecule is COc1cc(C=Cc2ccc(NS(=O)(=O)c3ccc(OC(F)(F)F)cc3)cc2)cc(OC)c1OC. The Kier molecular flexibility index (Phi) is 7.80. The number of methoxy groups -OCH3 is 3. The van der Waals surface area contributed by atoms with Crippen LogP contribution in [0.5, 0.6) is 23.0 Å². The number of hydrogen-bond acceptors (Lipinski definition) is 6. The number of hydrogen-bond donors (Lipinski definition) is 1. The van der Waals surface area contributed by atoms with Crippen molar-refractivity contribution in [1.29, 1.82) is 0 Å². The highest BCUT2D eigenvalue weighted by Gasteiger charge is 2.31. The normalized spacial score (nSPS) is 11.8. The number of nitrogens with one attached hydrogen (secondary N) is 1. The predicted molar refractivity (Wildman–Crippen MR) is 125 cm³/mol. The van der Waals surface area contributed by atoms with Crippen molar-refractivity contribution in [3.63, 3.8) is 0 Å². The Balaban J connectivity index is 1.72. The molecule has 0 saturated carbocycles. The largest absolute Gasteiger partial charge is 0.573 e. The van der Waals surface area contributed by atoms with E-state index in [0.717, 1.165) is 35.4 Å². The molecule has 0 aliphatic rings. The van der Waals surface area contributed by atoms with Crippen molar-refractivity contribution in [3.8, 4) is 23.0 Å². The molecule has 0 spiro atoms. The molecule has 0 aliphatic carbocycles. The van der Waals surface area contributed by atoms with E-state index in [4.69, 9.17) is 14.2 Å². The fourth-order valence-electron chi connectivity index (χ4n) is 3.09. The number of ether oxygens (including phenoxy) is 4. The second kappa shape index (κ2) is 10.6. The summed E-state index contributed by atoms with van der Waals surface area (Å²) in [6.45, 7) is 0. The molecule has 0 unspecified atom stereocenters. The third-order valence-corrected chi connectivity index (χ3v) is 6.08. The van der Waals surface area contributed by atoms with Crippen molar-refractivity contribution in [2.24, 2.45) is 0 Å². The Bertz CT molecular complexity index is 1260. The lowest BCUT2D eigenvalue weighted by Crippen LogP contribution is -2.17. The number of halogens is 3. The van der Waals surface area contributed by atoms with Gasteiger partial charge in [-0.25, -0.2) is 8.42 Å². The van der Waals surface area contributed by atoms with Crippen LogP contribution >= 0.6 is 0 Å². The van der Waals surface area contributed by atoms with Crippen molar-refractivity contribution in [1.82, 2.24) is 0 Å². The molecule has 0 fully saturated rings. The van der Waals surface area contributed by atoms with E-state index in [9.17, 15) is 21.6 Å². The van der Waals surface area contributed by atoms with E-state index in [0.29, 0.717) is 17.2 Å². The minimum atomic E-state index is -4.86. The van der Waals surface area contributed by atoms with Crippen molar-refractivity contribution < 1.29 is 40.5 Å². The third kappa shape index (κ3) is 6.82. The van der Waals surface area contributed by atoms with Crippen LogP contribution < -0.4 is 23.7 Å². The van der Waals surface area contributed by atoms with E-state index < -0.39 is 22.1 Å². The lowest BCUT2D eigenvalue weighted by molar-refractivity contribution is -0.274. The average molecular weight is 510 g/mol. The summed E-state index contributed by atoms with van der Waals surface area (Å²) in [5.74, 6) is 0.981. The molecule has 3 aromatic rings. The molecular formula is C24H22F3NO6S. The van der Waals surface area contributed by atoms with Gasteiger partial charge in [0, 0.05) is 5.69 Å². The van der Waals surface area contributed by atoms with Gasteiger partial charge in [-0.15, -0.1) is 13.2 Å². The van der Waals surface area contributed by atoms with Crippen molar-refractivity contribution in [2.75, 3.05) is 26.1 Å². The van der Waals surface area contributed by atoms with E-state index in [-0.39, 0.29) is 10.6 Å². The predicted octanol–water partition coefficient (Wildman–Crippen LogP) is 5.58. The first-order valence-corrected chi connectivity index (χ1v) is 11.5. The molecule has 7 nitrogen and oxygen atoms in total. The Hall–Kier alpha value is -3.86. The van der Waals surface area contributed by atoms with E-state index in [1.165, 1.54) is 21.3 Å². The maximum atomic E-state index is 12.5. The zero-order valence-corrected chi connectivity index (χ0v) is 19.7. The summed E-state index contributed by atoms with van der Waals surface area (Å²) in [4.78, 5) is -0.210. The van der Waals surface area contributed by atoms with Gasteiger partial charge >= 0.3 is 6.36 Å². The summed E-state index contributed by atoms with van der Waals surface area (Å²) in [5.41, 5.74) is 1.86. The summed E-state index contributed by atoms with van der Waals surface area (Å²) in [6, 6.07) is 14.0. The first-order chi connectivity index (χ1) is 16.5. The van der Waals surface area contributed by atoms with Gasteiger partial charge in [0.05, 0.1) is 26.2 Å². The zero-order chi connectivity index (χ0) is 25.6. The molecule has 0 atom stereocenters. The van der Waals surface area contributed by atoms with Gasteiger partial charge in [0.25, 0.3) is 10.0 Å². The van der Waals surface area contributed by atoms with E-state index in [1.54, 1.807) is 36.4 Å². The zero-order valence-electron chi connectivity index (χ0n) is 18.9. The monoisotopic (exact) mass is 509 g/mol. The van der Waals surface area contributed by atoms with Gasteiger partial charge in [-0.05, 0) is 59.7 Å². The second-order valence-corrected chi connectivity index (χ2v) is 8.72. The topological polar surface area (TPSA) is 83.1 Å². The summed E-state index contributed by atoms with van der Waals surface area (Å²) in [6.07, 6.45) is -1.22. The summed E-state index contributed by atoms with van der Waals surface area (Å²) in [7, 11) is 0.555. The van der Waals surface area contributed by atoms with Crippen LogP contribution in [0.3, 0.4) is 0 Å². The molecule has 0 radical (unpaired) electrons. The van der Waals surface area contributed by atoms with Crippen LogP contribution in [0.15, 0.2) is 65.6 Å². The van der Waals surface area contributed by atoms with Crippen molar-refractivity contribution >= 4 is 27.9 Å².